The summed E-state index contributed by atoms with van der Waals surface area (Å²) in [6.07, 6.45) is 1.98. The molecule has 0 radical (unpaired) electrons. The molecule has 0 bridgehead atoms. The van der Waals surface area contributed by atoms with Crippen LogP contribution in [0.15, 0.2) is 48.5 Å². The van der Waals surface area contributed by atoms with Crippen molar-refractivity contribution in [3.63, 3.8) is 0 Å². The lowest BCUT2D eigenvalue weighted by atomic mass is 9.97. The Labute approximate surface area is 204 Å². The van der Waals surface area contributed by atoms with Crippen molar-refractivity contribution in [1.29, 1.82) is 0 Å². The van der Waals surface area contributed by atoms with Crippen molar-refractivity contribution in [3.05, 3.63) is 54.1 Å². The number of halogens is 1. The molecule has 1 amide bonds. The number of amides is 1. The molecule has 0 aliphatic rings. The second kappa shape index (κ2) is 12.2. The molecule has 1 heterocycles. The van der Waals surface area contributed by atoms with Crippen LogP contribution in [0.5, 0.6) is 0 Å². The van der Waals surface area contributed by atoms with Gasteiger partial charge in [-0.3, -0.25) is 4.79 Å². The van der Waals surface area contributed by atoms with Crippen LogP contribution in [0, 0.1) is 5.92 Å². The summed E-state index contributed by atoms with van der Waals surface area (Å²) in [6, 6.07) is 14.8. The molecule has 0 aliphatic carbocycles. The fourth-order valence-electron chi connectivity index (χ4n) is 3.79. The van der Waals surface area contributed by atoms with Gasteiger partial charge >= 0.3 is 5.97 Å². The normalized spacial score (nSPS) is 11.6. The minimum atomic E-state index is -0.976. The summed E-state index contributed by atoms with van der Waals surface area (Å²) >= 11 is 0. The quantitative estimate of drug-likeness (QED) is 0.403. The lowest BCUT2D eigenvalue weighted by Crippen LogP contribution is -2.47. The fourth-order valence-corrected chi connectivity index (χ4v) is 3.79. The highest BCUT2D eigenvalue weighted by atomic mass is 79.9. The number of unbranched alkanes of at least 4 members (excludes halogenated alkanes) is 1. The Morgan fingerprint density at radius 3 is 2.27 bits per heavy atom. The third-order valence-corrected chi connectivity index (χ3v) is 5.43. The average molecular weight is 516 g/mol. The molecule has 0 aliphatic heterocycles. The summed E-state index contributed by atoms with van der Waals surface area (Å²) in [5.74, 6) is -0.713. The van der Waals surface area contributed by atoms with Crippen molar-refractivity contribution in [2.75, 3.05) is 0 Å². The number of hydrogen-bond acceptors (Lipinski definition) is 5. The van der Waals surface area contributed by atoms with Crippen LogP contribution in [0.4, 0.5) is 0 Å². The molecule has 2 N–H and O–H groups in total. The number of nitrogens with one attached hydrogen (secondary N) is 1. The van der Waals surface area contributed by atoms with Gasteiger partial charge in [-0.2, -0.15) is 0 Å². The van der Waals surface area contributed by atoms with Gasteiger partial charge in [0.2, 0.25) is 5.91 Å². The smallest absolute Gasteiger partial charge is 0.326 e. The van der Waals surface area contributed by atoms with Crippen molar-refractivity contribution in [2.24, 2.45) is 5.92 Å². The number of tetrazole rings is 1. The lowest BCUT2D eigenvalue weighted by Gasteiger charge is -2.32. The largest absolute Gasteiger partial charge is 0.480 e. The molecule has 3 rings (SSSR count). The molecule has 1 atom stereocenters. The van der Waals surface area contributed by atoms with Gasteiger partial charge in [0.15, 0.2) is 5.82 Å². The standard InChI is InChI=1S/C24H29N5O3.BrH/c1-4-5-10-21(30)29(22(16(2)3)24(31)32)15-17-11-13-18(14-12-17)19-8-6-7-9-20(19)23-25-27-28-26-23;/h6-9,11-14,16,22H,4-5,10,15H2,1-3H3,(H,31,32)(H,25,26,27,28);1H. The molecule has 0 spiro atoms. The summed E-state index contributed by atoms with van der Waals surface area (Å²) < 4.78 is 0. The van der Waals surface area contributed by atoms with Crippen molar-refractivity contribution in [1.82, 2.24) is 25.5 Å². The number of rotatable bonds is 10. The van der Waals surface area contributed by atoms with Crippen LogP contribution in [0.25, 0.3) is 22.5 Å². The first-order valence-corrected chi connectivity index (χ1v) is 10.9. The number of carbonyl (C=O) groups is 2. The highest BCUT2D eigenvalue weighted by Gasteiger charge is 2.32. The van der Waals surface area contributed by atoms with Crippen LogP contribution < -0.4 is 0 Å². The van der Waals surface area contributed by atoms with Gasteiger partial charge in [-0.25, -0.2) is 9.89 Å². The van der Waals surface area contributed by atoms with Gasteiger partial charge in [-0.15, -0.1) is 22.1 Å². The Kier molecular flexibility index (Phi) is 9.72. The Balaban J connectivity index is 0.00000385. The Bertz CT molecular complexity index is 1040. The maximum atomic E-state index is 12.9. The molecule has 8 nitrogen and oxygen atoms in total. The van der Waals surface area contributed by atoms with Gasteiger partial charge in [0, 0.05) is 18.5 Å². The molecule has 3 aromatic rings. The minimum Gasteiger partial charge on any atom is -0.480 e. The topological polar surface area (TPSA) is 112 Å². The van der Waals surface area contributed by atoms with E-state index in [1.807, 2.05) is 69.3 Å². The number of hydrogen-bond donors (Lipinski definition) is 2. The first-order valence-electron chi connectivity index (χ1n) is 10.9. The second-order valence-electron chi connectivity index (χ2n) is 8.14. The summed E-state index contributed by atoms with van der Waals surface area (Å²) in [5.41, 5.74) is 3.71. The molecular weight excluding hydrogens is 486 g/mol. The minimum absolute atomic E-state index is 0. The average Bonchev–Trinajstić information content (AvgIpc) is 3.32. The third-order valence-electron chi connectivity index (χ3n) is 5.43. The Morgan fingerprint density at radius 2 is 1.73 bits per heavy atom. The van der Waals surface area contributed by atoms with Crippen LogP contribution in [-0.2, 0) is 16.1 Å². The maximum absolute atomic E-state index is 12.9. The number of aromatic nitrogens is 4. The Morgan fingerprint density at radius 1 is 1.06 bits per heavy atom. The van der Waals surface area contributed by atoms with E-state index in [1.165, 1.54) is 4.90 Å². The number of carboxylic acid groups (broad SMARTS) is 1. The number of benzene rings is 2. The lowest BCUT2D eigenvalue weighted by molar-refractivity contribution is -0.153. The monoisotopic (exact) mass is 515 g/mol. The molecule has 1 aromatic heterocycles. The van der Waals surface area contributed by atoms with Crippen molar-refractivity contribution >= 4 is 28.9 Å². The number of carbonyl (C=O) groups excluding carboxylic acids is 1. The summed E-state index contributed by atoms with van der Waals surface area (Å²) in [7, 11) is 0. The number of nitrogens with zero attached hydrogens (tertiary/aromatic N) is 4. The van der Waals surface area contributed by atoms with Gasteiger partial charge in [-0.05, 0) is 39.5 Å². The molecule has 33 heavy (non-hydrogen) atoms. The molecule has 1 unspecified atom stereocenters. The van der Waals surface area contributed by atoms with Gasteiger partial charge in [-0.1, -0.05) is 75.7 Å². The zero-order valence-corrected chi connectivity index (χ0v) is 20.8. The Hall–Kier alpha value is -3.07. The fraction of sp³-hybridized carbons (Fsp3) is 0.375. The number of aliphatic carboxylic acids is 1. The van der Waals surface area contributed by atoms with E-state index in [0.717, 1.165) is 35.1 Å². The van der Waals surface area contributed by atoms with Gasteiger partial charge < -0.3 is 10.0 Å². The molecule has 0 fully saturated rings. The predicted molar refractivity (Wildman–Crippen MR) is 132 cm³/mol. The number of aromatic amines is 1. The SMILES string of the molecule is Br.CCCCC(=O)N(Cc1ccc(-c2ccccc2-c2nnn[nH]2)cc1)C(C(=O)O)C(C)C. The van der Waals surface area contributed by atoms with Gasteiger partial charge in [0.1, 0.15) is 6.04 Å². The number of H-pyrrole nitrogens is 1. The first kappa shape index (κ1) is 26.2. The third kappa shape index (κ3) is 6.47. The van der Waals surface area contributed by atoms with Crippen LogP contribution in [-0.4, -0.2) is 48.5 Å². The molecule has 9 heteroatoms. The van der Waals surface area contributed by atoms with Crippen molar-refractivity contribution in [3.8, 4) is 22.5 Å². The maximum Gasteiger partial charge on any atom is 0.326 e. The van der Waals surface area contributed by atoms with E-state index in [0.29, 0.717) is 12.2 Å². The zero-order chi connectivity index (χ0) is 23.1. The van der Waals surface area contributed by atoms with E-state index in [2.05, 4.69) is 20.6 Å². The highest BCUT2D eigenvalue weighted by molar-refractivity contribution is 8.93. The van der Waals surface area contributed by atoms with Crippen LogP contribution in [0.2, 0.25) is 0 Å². The van der Waals surface area contributed by atoms with E-state index >= 15 is 0 Å². The highest BCUT2D eigenvalue weighted by Crippen LogP contribution is 2.30. The van der Waals surface area contributed by atoms with Crippen LogP contribution in [0.1, 0.15) is 45.6 Å². The predicted octanol–water partition coefficient (Wildman–Crippen LogP) is 4.74. The van der Waals surface area contributed by atoms with Crippen molar-refractivity contribution < 1.29 is 14.7 Å². The second-order valence-corrected chi connectivity index (χ2v) is 8.14. The molecular formula is C24H30BrN5O3. The van der Waals surface area contributed by atoms with E-state index in [9.17, 15) is 14.7 Å². The molecule has 2 aromatic carbocycles. The van der Waals surface area contributed by atoms with E-state index < -0.39 is 12.0 Å². The molecule has 176 valence electrons. The van der Waals surface area contributed by atoms with E-state index in [-0.39, 0.29) is 35.4 Å². The van der Waals surface area contributed by atoms with Crippen LogP contribution in [0.3, 0.4) is 0 Å². The van der Waals surface area contributed by atoms with E-state index in [4.69, 9.17) is 0 Å². The molecule has 0 saturated heterocycles. The first-order chi connectivity index (χ1) is 15.4. The van der Waals surface area contributed by atoms with Crippen molar-refractivity contribution in [2.45, 2.75) is 52.6 Å². The van der Waals surface area contributed by atoms with Gasteiger partial charge in [0.25, 0.3) is 0 Å². The summed E-state index contributed by atoms with van der Waals surface area (Å²) in [6.45, 7) is 5.93. The molecule has 0 saturated carbocycles. The summed E-state index contributed by atoms with van der Waals surface area (Å²) in [5, 5.41) is 23.9. The zero-order valence-electron chi connectivity index (χ0n) is 19.1. The summed E-state index contributed by atoms with van der Waals surface area (Å²) in [4.78, 5) is 26.3. The van der Waals surface area contributed by atoms with Crippen LogP contribution >= 0.6 is 17.0 Å². The van der Waals surface area contributed by atoms with Gasteiger partial charge in [0.05, 0.1) is 0 Å². The number of carboxylic acids is 1. The van der Waals surface area contributed by atoms with E-state index in [1.54, 1.807) is 0 Å².